The van der Waals surface area contributed by atoms with Crippen molar-refractivity contribution in [3.63, 3.8) is 0 Å². The third kappa shape index (κ3) is 6.32. The normalized spacial score (nSPS) is 11.5. The molecule has 0 aliphatic carbocycles. The third-order valence-corrected chi connectivity index (χ3v) is 5.15. The summed E-state index contributed by atoms with van der Waals surface area (Å²) in [4.78, 5) is 30.1. The first kappa shape index (κ1) is 24.6. The highest BCUT2D eigenvalue weighted by molar-refractivity contribution is 5.97. The number of aryl methyl sites for hydroxylation is 1. The molecule has 4 rings (SSSR count). The number of carbonyl (C=O) groups is 2. The van der Waals surface area contributed by atoms with Gasteiger partial charge >= 0.3 is 5.97 Å². The van der Waals surface area contributed by atoms with E-state index < -0.39 is 18.0 Å². The van der Waals surface area contributed by atoms with Crippen LogP contribution in [0.15, 0.2) is 83.4 Å². The van der Waals surface area contributed by atoms with Crippen LogP contribution in [0, 0.1) is 5.82 Å². The monoisotopic (exact) mass is 489 g/mol. The Bertz CT molecular complexity index is 1310. The number of hydrogen-bond acceptors (Lipinski definition) is 7. The molecule has 9 heteroatoms. The summed E-state index contributed by atoms with van der Waals surface area (Å²) in [6, 6.07) is 21.4. The molecule has 3 aromatic carbocycles. The fourth-order valence-corrected chi connectivity index (χ4v) is 3.42. The van der Waals surface area contributed by atoms with Crippen molar-refractivity contribution in [3.05, 3.63) is 96.1 Å². The maximum absolute atomic E-state index is 13.2. The zero-order valence-electron chi connectivity index (χ0n) is 19.5. The molecular weight excluding hydrogens is 465 g/mol. The van der Waals surface area contributed by atoms with Crippen molar-refractivity contribution in [1.82, 2.24) is 10.1 Å². The first-order valence-electron chi connectivity index (χ1n) is 11.4. The van der Waals surface area contributed by atoms with Gasteiger partial charge in [0.1, 0.15) is 11.6 Å². The number of nitrogens with zero attached hydrogens (tertiary/aromatic N) is 2. The Balaban J connectivity index is 1.42. The molecule has 0 aliphatic rings. The summed E-state index contributed by atoms with van der Waals surface area (Å²) in [6.07, 6.45) is -1.15. The second kappa shape index (κ2) is 11.7. The molecule has 0 saturated heterocycles. The van der Waals surface area contributed by atoms with E-state index in [4.69, 9.17) is 14.0 Å². The number of benzene rings is 3. The number of rotatable bonds is 10. The van der Waals surface area contributed by atoms with Crippen molar-refractivity contribution in [2.75, 3.05) is 11.9 Å². The van der Waals surface area contributed by atoms with Crippen molar-refractivity contribution in [1.29, 1.82) is 0 Å². The average molecular weight is 490 g/mol. The lowest BCUT2D eigenvalue weighted by molar-refractivity contribution is -0.154. The number of esters is 1. The number of anilines is 1. The first-order chi connectivity index (χ1) is 17.5. The molecule has 0 radical (unpaired) electrons. The predicted octanol–water partition coefficient (Wildman–Crippen LogP) is 5.13. The van der Waals surface area contributed by atoms with E-state index in [-0.39, 0.29) is 30.4 Å². The SMILES string of the molecule is CCOc1ccccc1NC(=O)C(OC(=O)CCc1nc(-c2ccc(F)cc2)no1)c1ccccc1. The van der Waals surface area contributed by atoms with Crippen molar-refractivity contribution < 1.29 is 28.0 Å². The van der Waals surface area contributed by atoms with Crippen LogP contribution >= 0.6 is 0 Å². The number of ether oxygens (including phenoxy) is 2. The number of aromatic nitrogens is 2. The van der Waals surface area contributed by atoms with Crippen LogP contribution in [0.4, 0.5) is 10.1 Å². The van der Waals surface area contributed by atoms with Gasteiger partial charge in [0.2, 0.25) is 17.8 Å². The molecule has 1 heterocycles. The summed E-state index contributed by atoms with van der Waals surface area (Å²) in [5.41, 5.74) is 1.58. The van der Waals surface area contributed by atoms with Crippen LogP contribution in [0.3, 0.4) is 0 Å². The molecule has 1 aromatic heterocycles. The van der Waals surface area contributed by atoms with Gasteiger partial charge in [0.15, 0.2) is 0 Å². The van der Waals surface area contributed by atoms with E-state index in [9.17, 15) is 14.0 Å². The Morgan fingerprint density at radius 3 is 2.47 bits per heavy atom. The van der Waals surface area contributed by atoms with Gasteiger partial charge in [-0.1, -0.05) is 47.6 Å². The lowest BCUT2D eigenvalue weighted by Gasteiger charge is -2.19. The largest absolute Gasteiger partial charge is 0.492 e. The molecule has 36 heavy (non-hydrogen) atoms. The standard InChI is InChI=1S/C27H24FN3O5/c1-2-34-22-11-7-6-10-21(22)29-27(33)25(18-8-4-3-5-9-18)35-24(32)17-16-23-30-26(31-36-23)19-12-14-20(28)15-13-19/h3-15,25H,2,16-17H2,1H3,(H,29,33). The molecule has 0 aliphatic heterocycles. The van der Waals surface area contributed by atoms with Crippen LogP contribution in [0.25, 0.3) is 11.4 Å². The van der Waals surface area contributed by atoms with Crippen LogP contribution < -0.4 is 10.1 Å². The molecular formula is C27H24FN3O5. The fourth-order valence-electron chi connectivity index (χ4n) is 3.42. The molecule has 0 bridgehead atoms. The van der Waals surface area contributed by atoms with Gasteiger partial charge in [-0.2, -0.15) is 4.98 Å². The lowest BCUT2D eigenvalue weighted by atomic mass is 10.1. The Kier molecular flexibility index (Phi) is 8.02. The van der Waals surface area contributed by atoms with Gasteiger partial charge in [0, 0.05) is 17.5 Å². The molecule has 1 unspecified atom stereocenters. The molecule has 0 saturated carbocycles. The Hall–Kier alpha value is -4.53. The van der Waals surface area contributed by atoms with Crippen LogP contribution in [-0.2, 0) is 20.7 Å². The van der Waals surface area contributed by atoms with Gasteiger partial charge in [-0.3, -0.25) is 9.59 Å². The quantitative estimate of drug-likeness (QED) is 0.308. The van der Waals surface area contributed by atoms with Crippen LogP contribution in [-0.4, -0.2) is 28.6 Å². The lowest BCUT2D eigenvalue weighted by Crippen LogP contribution is -2.26. The average Bonchev–Trinajstić information content (AvgIpc) is 3.37. The summed E-state index contributed by atoms with van der Waals surface area (Å²) in [5.74, 6) is -0.481. The van der Waals surface area contributed by atoms with Gasteiger partial charge in [-0.25, -0.2) is 4.39 Å². The van der Waals surface area contributed by atoms with Crippen molar-refractivity contribution in [3.8, 4) is 17.1 Å². The van der Waals surface area contributed by atoms with E-state index in [1.165, 1.54) is 24.3 Å². The van der Waals surface area contributed by atoms with Gasteiger partial charge in [-0.05, 0) is 43.3 Å². The van der Waals surface area contributed by atoms with Crippen molar-refractivity contribution >= 4 is 17.6 Å². The zero-order chi connectivity index (χ0) is 25.3. The van der Waals surface area contributed by atoms with Crippen molar-refractivity contribution in [2.24, 2.45) is 0 Å². The summed E-state index contributed by atoms with van der Waals surface area (Å²) in [5, 5.41) is 6.65. The summed E-state index contributed by atoms with van der Waals surface area (Å²) < 4.78 is 29.5. The molecule has 1 amide bonds. The molecule has 184 valence electrons. The molecule has 0 spiro atoms. The van der Waals surface area contributed by atoms with E-state index in [0.717, 1.165) is 0 Å². The minimum atomic E-state index is -1.18. The highest BCUT2D eigenvalue weighted by Gasteiger charge is 2.26. The van der Waals surface area contributed by atoms with Gasteiger partial charge in [-0.15, -0.1) is 0 Å². The van der Waals surface area contributed by atoms with E-state index in [1.807, 2.05) is 6.92 Å². The number of amides is 1. The minimum Gasteiger partial charge on any atom is -0.492 e. The van der Waals surface area contributed by atoms with Gasteiger partial charge < -0.3 is 19.3 Å². The van der Waals surface area contributed by atoms with E-state index in [2.05, 4.69) is 15.5 Å². The van der Waals surface area contributed by atoms with E-state index in [0.29, 0.717) is 29.2 Å². The topological polar surface area (TPSA) is 104 Å². The van der Waals surface area contributed by atoms with Crippen molar-refractivity contribution in [2.45, 2.75) is 25.9 Å². The Morgan fingerprint density at radius 1 is 1.00 bits per heavy atom. The first-order valence-corrected chi connectivity index (χ1v) is 11.4. The second-order valence-electron chi connectivity index (χ2n) is 7.72. The fraction of sp³-hybridized carbons (Fsp3) is 0.185. The smallest absolute Gasteiger partial charge is 0.307 e. The number of carbonyl (C=O) groups excluding carboxylic acids is 2. The highest BCUT2D eigenvalue weighted by atomic mass is 19.1. The number of hydrogen-bond donors (Lipinski definition) is 1. The third-order valence-electron chi connectivity index (χ3n) is 5.15. The maximum Gasteiger partial charge on any atom is 0.307 e. The summed E-state index contributed by atoms with van der Waals surface area (Å²) in [7, 11) is 0. The zero-order valence-corrected chi connectivity index (χ0v) is 19.5. The number of halogens is 1. The Labute approximate surface area is 207 Å². The Morgan fingerprint density at radius 2 is 1.72 bits per heavy atom. The van der Waals surface area contributed by atoms with Crippen LogP contribution in [0.2, 0.25) is 0 Å². The molecule has 4 aromatic rings. The predicted molar refractivity (Wildman–Crippen MR) is 130 cm³/mol. The van der Waals surface area contributed by atoms with Gasteiger partial charge in [0.25, 0.3) is 5.91 Å². The van der Waals surface area contributed by atoms with Crippen LogP contribution in [0.1, 0.15) is 30.9 Å². The van der Waals surface area contributed by atoms with Gasteiger partial charge in [0.05, 0.1) is 18.7 Å². The molecule has 1 atom stereocenters. The molecule has 8 nitrogen and oxygen atoms in total. The van der Waals surface area contributed by atoms with Crippen LogP contribution in [0.5, 0.6) is 5.75 Å². The number of para-hydroxylation sites is 2. The highest BCUT2D eigenvalue weighted by Crippen LogP contribution is 2.27. The number of nitrogens with one attached hydrogen (secondary N) is 1. The van der Waals surface area contributed by atoms with E-state index in [1.54, 1.807) is 54.6 Å². The summed E-state index contributed by atoms with van der Waals surface area (Å²) in [6.45, 7) is 2.28. The second-order valence-corrected chi connectivity index (χ2v) is 7.72. The maximum atomic E-state index is 13.2. The van der Waals surface area contributed by atoms with E-state index >= 15 is 0 Å². The summed E-state index contributed by atoms with van der Waals surface area (Å²) >= 11 is 0. The molecule has 0 fully saturated rings. The minimum absolute atomic E-state index is 0.0861. The molecule has 1 N–H and O–H groups in total.